The fourth-order valence-electron chi connectivity index (χ4n) is 2.30. The normalized spacial score (nSPS) is 10.4. The zero-order valence-corrected chi connectivity index (χ0v) is 14.2. The van der Waals surface area contributed by atoms with Crippen LogP contribution >= 0.6 is 0 Å². The number of rotatable bonds is 8. The van der Waals surface area contributed by atoms with E-state index < -0.39 is 0 Å². The number of benzene rings is 1. The molecule has 0 aliphatic rings. The van der Waals surface area contributed by atoms with E-state index in [0.717, 1.165) is 0 Å². The highest BCUT2D eigenvalue weighted by Gasteiger charge is 2.16. The predicted octanol–water partition coefficient (Wildman–Crippen LogP) is 0.588. The summed E-state index contributed by atoms with van der Waals surface area (Å²) >= 11 is 0. The van der Waals surface area contributed by atoms with Gasteiger partial charge in [0.25, 0.3) is 5.91 Å². The van der Waals surface area contributed by atoms with Gasteiger partial charge in [0.15, 0.2) is 0 Å². The standard InChI is InChI=1S/C17H21N3O5/c1-24-15-11-14(18-17(19-15)25-2)12-4-3-5-13(10-12)16(23)20(6-8-21)7-9-22/h3-5,10-11,21-22H,6-9H2,1-2H3. The monoisotopic (exact) mass is 347 g/mol. The second-order valence-corrected chi connectivity index (χ2v) is 5.10. The molecule has 0 fully saturated rings. The van der Waals surface area contributed by atoms with Gasteiger partial charge in [-0.15, -0.1) is 0 Å². The molecule has 0 saturated carbocycles. The first-order valence-electron chi connectivity index (χ1n) is 7.71. The number of hydrogen-bond donors (Lipinski definition) is 2. The smallest absolute Gasteiger partial charge is 0.320 e. The number of aromatic nitrogens is 2. The highest BCUT2D eigenvalue weighted by molar-refractivity contribution is 5.95. The molecular weight excluding hydrogens is 326 g/mol. The molecule has 0 radical (unpaired) electrons. The van der Waals surface area contributed by atoms with Crippen molar-refractivity contribution in [2.75, 3.05) is 40.5 Å². The summed E-state index contributed by atoms with van der Waals surface area (Å²) in [6, 6.07) is 8.70. The van der Waals surface area contributed by atoms with Gasteiger partial charge in [0.2, 0.25) is 5.88 Å². The van der Waals surface area contributed by atoms with Gasteiger partial charge in [0.05, 0.1) is 33.1 Å². The molecule has 134 valence electrons. The largest absolute Gasteiger partial charge is 0.481 e. The Morgan fingerprint density at radius 3 is 2.40 bits per heavy atom. The number of amides is 1. The van der Waals surface area contributed by atoms with Crippen LogP contribution in [-0.2, 0) is 0 Å². The van der Waals surface area contributed by atoms with Gasteiger partial charge < -0.3 is 24.6 Å². The van der Waals surface area contributed by atoms with Crippen molar-refractivity contribution >= 4 is 5.91 Å². The van der Waals surface area contributed by atoms with Crippen LogP contribution < -0.4 is 9.47 Å². The number of ether oxygens (including phenoxy) is 2. The van der Waals surface area contributed by atoms with Crippen molar-refractivity contribution in [2.45, 2.75) is 0 Å². The van der Waals surface area contributed by atoms with Gasteiger partial charge in [-0.3, -0.25) is 4.79 Å². The zero-order chi connectivity index (χ0) is 18.2. The van der Waals surface area contributed by atoms with Crippen LogP contribution in [0, 0.1) is 0 Å². The van der Waals surface area contributed by atoms with E-state index in [2.05, 4.69) is 9.97 Å². The fourth-order valence-corrected chi connectivity index (χ4v) is 2.30. The first-order chi connectivity index (χ1) is 12.1. The van der Waals surface area contributed by atoms with E-state index in [9.17, 15) is 4.79 Å². The summed E-state index contributed by atoms with van der Waals surface area (Å²) in [6.45, 7) is -0.0466. The van der Waals surface area contributed by atoms with Crippen LogP contribution in [-0.4, -0.2) is 71.5 Å². The summed E-state index contributed by atoms with van der Waals surface area (Å²) < 4.78 is 10.2. The lowest BCUT2D eigenvalue weighted by Gasteiger charge is -2.21. The molecule has 0 spiro atoms. The van der Waals surface area contributed by atoms with Crippen molar-refractivity contribution in [2.24, 2.45) is 0 Å². The van der Waals surface area contributed by atoms with Gasteiger partial charge in [-0.2, -0.15) is 9.97 Å². The number of hydrogen-bond acceptors (Lipinski definition) is 7. The molecule has 0 atom stereocenters. The molecule has 0 aliphatic heterocycles. The molecule has 2 aromatic rings. The van der Waals surface area contributed by atoms with Crippen molar-refractivity contribution in [1.29, 1.82) is 0 Å². The SMILES string of the molecule is COc1cc(-c2cccc(C(=O)N(CCO)CCO)c2)nc(OC)n1. The Bertz CT molecular complexity index is 695. The Kier molecular flexibility index (Phi) is 6.67. The van der Waals surface area contributed by atoms with Crippen molar-refractivity contribution in [3.05, 3.63) is 35.9 Å². The number of nitrogens with zero attached hydrogens (tertiary/aromatic N) is 3. The summed E-state index contributed by atoms with van der Waals surface area (Å²) in [5, 5.41) is 18.2. The molecule has 2 rings (SSSR count). The third kappa shape index (κ3) is 4.65. The number of aliphatic hydroxyl groups is 2. The third-order valence-corrected chi connectivity index (χ3v) is 3.51. The maximum absolute atomic E-state index is 12.6. The Labute approximate surface area is 145 Å². The minimum absolute atomic E-state index is 0.152. The molecule has 1 amide bonds. The van der Waals surface area contributed by atoms with Crippen molar-refractivity contribution < 1.29 is 24.5 Å². The van der Waals surface area contributed by atoms with Crippen LogP contribution in [0.25, 0.3) is 11.3 Å². The first kappa shape index (κ1) is 18.6. The third-order valence-electron chi connectivity index (χ3n) is 3.51. The van der Waals surface area contributed by atoms with E-state index in [1.807, 2.05) is 0 Å². The highest BCUT2D eigenvalue weighted by Crippen LogP contribution is 2.24. The van der Waals surface area contributed by atoms with Crippen LogP contribution in [0.1, 0.15) is 10.4 Å². The zero-order valence-electron chi connectivity index (χ0n) is 14.2. The van der Waals surface area contributed by atoms with E-state index in [-0.39, 0.29) is 38.2 Å². The summed E-state index contributed by atoms with van der Waals surface area (Å²) in [6.07, 6.45) is 0. The van der Waals surface area contributed by atoms with Gasteiger partial charge in [-0.1, -0.05) is 12.1 Å². The van der Waals surface area contributed by atoms with Gasteiger partial charge in [-0.05, 0) is 12.1 Å². The summed E-state index contributed by atoms with van der Waals surface area (Å²) in [5.41, 5.74) is 1.67. The Morgan fingerprint density at radius 1 is 1.08 bits per heavy atom. The van der Waals surface area contributed by atoms with Crippen molar-refractivity contribution in [1.82, 2.24) is 14.9 Å². The lowest BCUT2D eigenvalue weighted by molar-refractivity contribution is 0.0685. The van der Waals surface area contributed by atoms with Crippen molar-refractivity contribution in [3.63, 3.8) is 0 Å². The van der Waals surface area contributed by atoms with Crippen LogP contribution in [0.2, 0.25) is 0 Å². The summed E-state index contributed by atoms with van der Waals surface area (Å²) in [7, 11) is 2.95. The lowest BCUT2D eigenvalue weighted by atomic mass is 10.1. The number of aliphatic hydroxyl groups excluding tert-OH is 2. The molecule has 0 bridgehead atoms. The van der Waals surface area contributed by atoms with E-state index in [1.54, 1.807) is 30.3 Å². The molecule has 8 nitrogen and oxygen atoms in total. The van der Waals surface area contributed by atoms with Crippen LogP contribution in [0.3, 0.4) is 0 Å². The van der Waals surface area contributed by atoms with Crippen LogP contribution in [0.15, 0.2) is 30.3 Å². The molecule has 0 aliphatic carbocycles. The minimum Gasteiger partial charge on any atom is -0.481 e. The van der Waals surface area contributed by atoms with Gasteiger partial charge >= 0.3 is 6.01 Å². The van der Waals surface area contributed by atoms with Crippen molar-refractivity contribution in [3.8, 4) is 23.1 Å². The molecular formula is C17H21N3O5. The molecule has 2 N–H and O–H groups in total. The maximum Gasteiger partial charge on any atom is 0.320 e. The molecule has 0 unspecified atom stereocenters. The van der Waals surface area contributed by atoms with Crippen LogP contribution in [0.5, 0.6) is 11.9 Å². The molecule has 0 saturated heterocycles. The average molecular weight is 347 g/mol. The highest BCUT2D eigenvalue weighted by atomic mass is 16.5. The molecule has 1 heterocycles. The molecule has 1 aromatic heterocycles. The summed E-state index contributed by atoms with van der Waals surface area (Å²) in [4.78, 5) is 22.3. The Hall–Kier alpha value is -2.71. The van der Waals surface area contributed by atoms with E-state index >= 15 is 0 Å². The Morgan fingerprint density at radius 2 is 1.80 bits per heavy atom. The molecule has 8 heteroatoms. The second-order valence-electron chi connectivity index (χ2n) is 5.10. The topological polar surface area (TPSA) is 105 Å². The van der Waals surface area contributed by atoms with E-state index in [1.165, 1.54) is 19.1 Å². The van der Waals surface area contributed by atoms with Gasteiger partial charge in [-0.25, -0.2) is 0 Å². The first-order valence-corrected chi connectivity index (χ1v) is 7.71. The van der Waals surface area contributed by atoms with E-state index in [4.69, 9.17) is 19.7 Å². The van der Waals surface area contributed by atoms with Gasteiger partial charge in [0.1, 0.15) is 0 Å². The number of methoxy groups -OCH3 is 2. The lowest BCUT2D eigenvalue weighted by Crippen LogP contribution is -2.35. The van der Waals surface area contributed by atoms with Gasteiger partial charge in [0, 0.05) is 30.3 Å². The van der Waals surface area contributed by atoms with Crippen LogP contribution in [0.4, 0.5) is 0 Å². The van der Waals surface area contributed by atoms with E-state index in [0.29, 0.717) is 22.7 Å². The predicted molar refractivity (Wildman–Crippen MR) is 90.6 cm³/mol. The number of carbonyl (C=O) groups excluding carboxylic acids is 1. The molecule has 25 heavy (non-hydrogen) atoms. The average Bonchev–Trinajstić information content (AvgIpc) is 2.66. The minimum atomic E-state index is -0.280. The molecule has 1 aromatic carbocycles. The summed E-state index contributed by atoms with van der Waals surface area (Å²) in [5.74, 6) is 0.0682. The fraction of sp³-hybridized carbons (Fsp3) is 0.353. The quantitative estimate of drug-likeness (QED) is 0.720. The Balaban J connectivity index is 2.36. The second kappa shape index (κ2) is 8.95. The maximum atomic E-state index is 12.6. The number of carbonyl (C=O) groups is 1.